The second-order valence-electron chi connectivity index (χ2n) is 8.17. The number of hydrogen-bond donors (Lipinski definition) is 1. The molecule has 0 aromatic carbocycles. The molecule has 1 amide bonds. The van der Waals surface area contributed by atoms with Gasteiger partial charge in [-0.2, -0.15) is 5.26 Å². The van der Waals surface area contributed by atoms with Crippen molar-refractivity contribution in [3.63, 3.8) is 0 Å². The molecule has 0 aliphatic carbocycles. The van der Waals surface area contributed by atoms with Gasteiger partial charge in [0.2, 0.25) is 11.8 Å². The van der Waals surface area contributed by atoms with E-state index in [0.717, 1.165) is 37.3 Å². The summed E-state index contributed by atoms with van der Waals surface area (Å²) in [7, 11) is 1.60. The van der Waals surface area contributed by atoms with Crippen molar-refractivity contribution < 1.29 is 9.53 Å². The number of ether oxygens (including phenoxy) is 1. The van der Waals surface area contributed by atoms with Crippen LogP contribution in [-0.2, 0) is 4.79 Å². The van der Waals surface area contributed by atoms with Gasteiger partial charge >= 0.3 is 0 Å². The number of nitriles is 1. The summed E-state index contributed by atoms with van der Waals surface area (Å²) in [4.78, 5) is 25.8. The number of anilines is 1. The number of pyridine rings is 2. The Balaban J connectivity index is 1.29. The molecule has 2 aliphatic rings. The number of nitrogens with zero attached hydrogens (tertiary/aromatic N) is 5. The monoisotopic (exact) mass is 420 g/mol. The zero-order chi connectivity index (χ0) is 21.8. The minimum Gasteiger partial charge on any atom is -0.481 e. The first-order valence-electron chi connectivity index (χ1n) is 10.7. The summed E-state index contributed by atoms with van der Waals surface area (Å²) in [6, 6.07) is 10.4. The van der Waals surface area contributed by atoms with Crippen molar-refractivity contribution in [2.45, 2.75) is 44.3 Å². The number of nitrogens with one attached hydrogen (secondary N) is 1. The van der Waals surface area contributed by atoms with E-state index in [1.54, 1.807) is 19.5 Å². The van der Waals surface area contributed by atoms with E-state index in [4.69, 9.17) is 10.00 Å². The van der Waals surface area contributed by atoms with E-state index in [9.17, 15) is 4.79 Å². The highest BCUT2D eigenvalue weighted by Gasteiger charge is 2.41. The Morgan fingerprint density at radius 2 is 2.06 bits per heavy atom. The van der Waals surface area contributed by atoms with E-state index in [2.05, 4.69) is 33.2 Å². The quantitative estimate of drug-likeness (QED) is 0.734. The topological polar surface area (TPSA) is 94.4 Å². The van der Waals surface area contributed by atoms with Crippen molar-refractivity contribution in [2.24, 2.45) is 0 Å². The van der Waals surface area contributed by atoms with Crippen LogP contribution in [-0.4, -0.2) is 59.6 Å². The fourth-order valence-corrected chi connectivity index (χ4v) is 4.56. The van der Waals surface area contributed by atoms with Crippen molar-refractivity contribution in [1.82, 2.24) is 20.2 Å². The Labute approximate surface area is 182 Å². The van der Waals surface area contributed by atoms with Gasteiger partial charge in [-0.3, -0.25) is 4.79 Å². The number of carbonyl (C=O) groups is 1. The standard InChI is InChI=1S/C23H28N6O2/c1-16(18-7-9-26-22(11-18)31-2)25-10-8-23(30)28-14-19-4-5-20(15-28)29(19)21-6-3-17(12-24)13-27-21/h3,6-7,9,11,13,16,19-20,25H,4-5,8,10,14-15H2,1-2H3/t16-,19?,20?/m1/s1. The first kappa shape index (κ1) is 21.1. The third-order valence-corrected chi connectivity index (χ3v) is 6.23. The highest BCUT2D eigenvalue weighted by molar-refractivity contribution is 5.77. The lowest BCUT2D eigenvalue weighted by Crippen LogP contribution is -2.56. The van der Waals surface area contributed by atoms with Crippen LogP contribution in [0.15, 0.2) is 36.7 Å². The van der Waals surface area contributed by atoms with Gasteiger partial charge in [0.1, 0.15) is 11.9 Å². The maximum absolute atomic E-state index is 12.8. The van der Waals surface area contributed by atoms with Crippen LogP contribution < -0.4 is 15.0 Å². The first-order chi connectivity index (χ1) is 15.1. The number of rotatable bonds is 7. The van der Waals surface area contributed by atoms with Gasteiger partial charge in [-0.25, -0.2) is 9.97 Å². The number of piperazine rings is 1. The molecule has 2 bridgehead atoms. The summed E-state index contributed by atoms with van der Waals surface area (Å²) < 4.78 is 5.18. The molecule has 8 heteroatoms. The van der Waals surface area contributed by atoms with Crippen LogP contribution in [0, 0.1) is 11.3 Å². The van der Waals surface area contributed by atoms with Crippen molar-refractivity contribution in [3.8, 4) is 11.9 Å². The summed E-state index contributed by atoms with van der Waals surface area (Å²) in [5.74, 6) is 1.69. The van der Waals surface area contributed by atoms with Gasteiger partial charge in [0.05, 0.1) is 12.7 Å². The second-order valence-corrected chi connectivity index (χ2v) is 8.17. The van der Waals surface area contributed by atoms with Gasteiger partial charge < -0.3 is 19.9 Å². The smallest absolute Gasteiger partial charge is 0.223 e. The molecular formula is C23H28N6O2. The van der Waals surface area contributed by atoms with Crippen LogP contribution in [0.1, 0.15) is 43.4 Å². The van der Waals surface area contributed by atoms with Crippen molar-refractivity contribution >= 4 is 11.7 Å². The molecule has 2 aliphatic heterocycles. The summed E-state index contributed by atoms with van der Waals surface area (Å²) >= 11 is 0. The summed E-state index contributed by atoms with van der Waals surface area (Å²) in [5, 5.41) is 12.4. The average molecular weight is 421 g/mol. The number of carbonyl (C=O) groups excluding carboxylic acids is 1. The van der Waals surface area contributed by atoms with Crippen LogP contribution in [0.3, 0.4) is 0 Å². The Kier molecular flexibility index (Phi) is 6.33. The normalized spacial score (nSPS) is 20.9. The molecule has 2 aromatic rings. The molecule has 1 N–H and O–H groups in total. The molecule has 4 heterocycles. The molecule has 31 heavy (non-hydrogen) atoms. The Hall–Kier alpha value is -3.18. The van der Waals surface area contributed by atoms with Crippen LogP contribution in [0.5, 0.6) is 5.88 Å². The first-order valence-corrected chi connectivity index (χ1v) is 10.7. The zero-order valence-corrected chi connectivity index (χ0v) is 18.0. The highest BCUT2D eigenvalue weighted by Crippen LogP contribution is 2.34. The van der Waals surface area contributed by atoms with Gasteiger partial charge in [-0.15, -0.1) is 0 Å². The molecule has 2 unspecified atom stereocenters. The van der Waals surface area contributed by atoms with E-state index in [-0.39, 0.29) is 11.9 Å². The molecule has 162 valence electrons. The zero-order valence-electron chi connectivity index (χ0n) is 18.0. The molecule has 0 saturated carbocycles. The lowest BCUT2D eigenvalue weighted by atomic mass is 10.1. The average Bonchev–Trinajstić information content (AvgIpc) is 3.07. The van der Waals surface area contributed by atoms with E-state index in [0.29, 0.717) is 36.5 Å². The van der Waals surface area contributed by atoms with Crippen LogP contribution in [0.25, 0.3) is 0 Å². The van der Waals surface area contributed by atoms with Gasteiger partial charge in [-0.05, 0) is 43.5 Å². The Morgan fingerprint density at radius 3 is 2.71 bits per heavy atom. The number of hydrogen-bond acceptors (Lipinski definition) is 7. The SMILES string of the molecule is COc1cc([C@@H](C)NCCC(=O)N2CC3CCC(C2)N3c2ccc(C#N)cn2)ccn1. The molecule has 4 rings (SSSR count). The summed E-state index contributed by atoms with van der Waals surface area (Å²) in [6.07, 6.45) is 5.96. The maximum atomic E-state index is 12.8. The van der Waals surface area contributed by atoms with Crippen LogP contribution >= 0.6 is 0 Å². The minimum atomic E-state index is 0.111. The molecule has 3 atom stereocenters. The fraction of sp³-hybridized carbons (Fsp3) is 0.478. The second kappa shape index (κ2) is 9.31. The van der Waals surface area contributed by atoms with Gasteiger partial charge in [0.25, 0.3) is 0 Å². The number of likely N-dealkylation sites (tertiary alicyclic amines) is 1. The third kappa shape index (κ3) is 4.62. The summed E-state index contributed by atoms with van der Waals surface area (Å²) in [5.41, 5.74) is 1.65. The molecule has 0 spiro atoms. The molecular weight excluding hydrogens is 392 g/mol. The molecule has 0 radical (unpaired) electrons. The van der Waals surface area contributed by atoms with Crippen molar-refractivity contribution in [2.75, 3.05) is 31.6 Å². The minimum absolute atomic E-state index is 0.111. The largest absolute Gasteiger partial charge is 0.481 e. The molecule has 8 nitrogen and oxygen atoms in total. The Bertz CT molecular complexity index is 943. The van der Waals surface area contributed by atoms with Gasteiger partial charge in [0.15, 0.2) is 0 Å². The van der Waals surface area contributed by atoms with Gasteiger partial charge in [-0.1, -0.05) is 0 Å². The number of methoxy groups -OCH3 is 1. The predicted octanol–water partition coefficient (Wildman–Crippen LogP) is 2.28. The number of amides is 1. The van der Waals surface area contributed by atoms with Crippen LogP contribution in [0.2, 0.25) is 0 Å². The van der Waals surface area contributed by atoms with Crippen molar-refractivity contribution in [1.29, 1.82) is 5.26 Å². The van der Waals surface area contributed by atoms with E-state index in [1.165, 1.54) is 0 Å². The van der Waals surface area contributed by atoms with Crippen LogP contribution in [0.4, 0.5) is 5.82 Å². The van der Waals surface area contributed by atoms with Crippen molar-refractivity contribution in [3.05, 3.63) is 47.8 Å². The fourth-order valence-electron chi connectivity index (χ4n) is 4.56. The van der Waals surface area contributed by atoms with Gasteiger partial charge in [0, 0.05) is 62.6 Å². The predicted molar refractivity (Wildman–Crippen MR) is 117 cm³/mol. The van der Waals surface area contributed by atoms with E-state index >= 15 is 0 Å². The third-order valence-electron chi connectivity index (χ3n) is 6.23. The van der Waals surface area contributed by atoms with E-state index in [1.807, 2.05) is 29.2 Å². The lowest BCUT2D eigenvalue weighted by molar-refractivity contribution is -0.132. The maximum Gasteiger partial charge on any atom is 0.223 e. The summed E-state index contributed by atoms with van der Waals surface area (Å²) in [6.45, 7) is 4.16. The highest BCUT2D eigenvalue weighted by atomic mass is 16.5. The number of aromatic nitrogens is 2. The van der Waals surface area contributed by atoms with E-state index < -0.39 is 0 Å². The molecule has 2 fully saturated rings. The Morgan fingerprint density at radius 1 is 1.29 bits per heavy atom. The number of fused-ring (bicyclic) bond motifs is 2. The molecule has 2 saturated heterocycles. The lowest BCUT2D eigenvalue weighted by Gasteiger charge is -2.42. The molecule has 2 aromatic heterocycles.